The zero-order chi connectivity index (χ0) is 22.5. The molecule has 4 nitrogen and oxygen atoms in total. The second kappa shape index (κ2) is 10.2. The summed E-state index contributed by atoms with van der Waals surface area (Å²) in [6, 6.07) is 26.3. The van der Waals surface area contributed by atoms with Gasteiger partial charge in [0.05, 0.1) is 6.61 Å². The number of hydrogen-bond acceptors (Lipinski definition) is 3. The smallest absolute Gasteiger partial charge is 0.255 e. The van der Waals surface area contributed by atoms with Gasteiger partial charge in [0.1, 0.15) is 5.75 Å². The standard InChI is InChI=1S/C29H32N2O2/c32-29(24-13-11-23(12-14-24)22-7-2-1-3-8-22)30-26-15-17-27(18-16-26)33-21-25-9-6-20-31-19-5-4-10-28(25)31/h1-3,7-8,11-18,25,28H,4-6,9-10,19-21H2,(H,30,32)/t25-,28+/m0/s1. The number of nitrogens with one attached hydrogen (secondary N) is 1. The van der Waals surface area contributed by atoms with Crippen molar-refractivity contribution < 1.29 is 9.53 Å². The number of benzene rings is 3. The van der Waals surface area contributed by atoms with Gasteiger partial charge >= 0.3 is 0 Å². The molecular formula is C29H32N2O2. The fraction of sp³-hybridized carbons (Fsp3) is 0.345. The van der Waals surface area contributed by atoms with E-state index in [1.54, 1.807) is 0 Å². The average Bonchev–Trinajstić information content (AvgIpc) is 2.89. The maximum Gasteiger partial charge on any atom is 0.255 e. The van der Waals surface area contributed by atoms with Gasteiger partial charge < -0.3 is 10.1 Å². The van der Waals surface area contributed by atoms with E-state index in [0.29, 0.717) is 17.5 Å². The highest BCUT2D eigenvalue weighted by atomic mass is 16.5. The molecule has 2 fully saturated rings. The molecule has 2 aliphatic rings. The number of nitrogens with zero attached hydrogens (tertiary/aromatic N) is 1. The largest absolute Gasteiger partial charge is 0.493 e. The summed E-state index contributed by atoms with van der Waals surface area (Å²) in [6.45, 7) is 3.29. The van der Waals surface area contributed by atoms with E-state index in [-0.39, 0.29) is 5.91 Å². The van der Waals surface area contributed by atoms with Crippen LogP contribution in [0.25, 0.3) is 11.1 Å². The molecule has 1 amide bonds. The Labute approximate surface area is 196 Å². The van der Waals surface area contributed by atoms with Gasteiger partial charge in [-0.15, -0.1) is 0 Å². The molecule has 4 heteroatoms. The molecule has 0 unspecified atom stereocenters. The third-order valence-corrected chi connectivity index (χ3v) is 7.06. The molecule has 0 aliphatic carbocycles. The minimum absolute atomic E-state index is 0.108. The number of hydrogen-bond donors (Lipinski definition) is 1. The molecule has 33 heavy (non-hydrogen) atoms. The number of amides is 1. The highest BCUT2D eigenvalue weighted by molar-refractivity contribution is 6.04. The van der Waals surface area contributed by atoms with E-state index in [9.17, 15) is 4.79 Å². The Balaban J connectivity index is 1.15. The summed E-state index contributed by atoms with van der Waals surface area (Å²) in [7, 11) is 0. The van der Waals surface area contributed by atoms with Gasteiger partial charge in [-0.3, -0.25) is 9.69 Å². The topological polar surface area (TPSA) is 41.6 Å². The lowest BCUT2D eigenvalue weighted by atomic mass is 9.84. The third-order valence-electron chi connectivity index (χ3n) is 7.06. The van der Waals surface area contributed by atoms with Crippen LogP contribution in [0.15, 0.2) is 78.9 Å². The fourth-order valence-corrected chi connectivity index (χ4v) is 5.26. The van der Waals surface area contributed by atoms with Gasteiger partial charge in [0.2, 0.25) is 0 Å². The number of rotatable bonds is 6. The van der Waals surface area contributed by atoms with Crippen molar-refractivity contribution in [3.8, 4) is 16.9 Å². The first-order valence-electron chi connectivity index (χ1n) is 12.2. The van der Waals surface area contributed by atoms with Gasteiger partial charge in [-0.2, -0.15) is 0 Å². The molecule has 5 rings (SSSR count). The first-order valence-corrected chi connectivity index (χ1v) is 12.2. The average molecular weight is 441 g/mol. The van der Waals surface area contributed by atoms with Gasteiger partial charge in [0.25, 0.3) is 5.91 Å². The highest BCUT2D eigenvalue weighted by Crippen LogP contribution is 2.31. The van der Waals surface area contributed by atoms with Crippen molar-refractivity contribution in [2.75, 3.05) is 25.0 Å². The molecule has 0 saturated carbocycles. The van der Waals surface area contributed by atoms with Crippen LogP contribution in [0.3, 0.4) is 0 Å². The molecule has 170 valence electrons. The second-order valence-corrected chi connectivity index (χ2v) is 9.23. The molecular weight excluding hydrogens is 408 g/mol. The minimum Gasteiger partial charge on any atom is -0.493 e. The monoisotopic (exact) mass is 440 g/mol. The normalized spacial score (nSPS) is 20.6. The molecule has 2 atom stereocenters. The summed E-state index contributed by atoms with van der Waals surface area (Å²) in [6.07, 6.45) is 6.54. The minimum atomic E-state index is -0.108. The Hall–Kier alpha value is -3.11. The van der Waals surface area contributed by atoms with E-state index in [1.165, 1.54) is 45.2 Å². The lowest BCUT2D eigenvalue weighted by Gasteiger charge is -2.44. The quantitative estimate of drug-likeness (QED) is 0.493. The van der Waals surface area contributed by atoms with Gasteiger partial charge in [-0.25, -0.2) is 0 Å². The number of piperidine rings is 2. The van der Waals surface area contributed by atoms with Gasteiger partial charge in [-0.05, 0) is 86.3 Å². The Bertz CT molecular complexity index is 1050. The van der Waals surface area contributed by atoms with Crippen molar-refractivity contribution in [2.24, 2.45) is 5.92 Å². The van der Waals surface area contributed by atoms with Crippen LogP contribution in [0.5, 0.6) is 5.75 Å². The molecule has 2 aliphatic heterocycles. The van der Waals surface area contributed by atoms with E-state index in [0.717, 1.165) is 29.2 Å². The van der Waals surface area contributed by atoms with Crippen LogP contribution in [0, 0.1) is 5.92 Å². The molecule has 3 aromatic rings. The number of anilines is 1. The summed E-state index contributed by atoms with van der Waals surface area (Å²) in [4.78, 5) is 15.3. The summed E-state index contributed by atoms with van der Waals surface area (Å²) >= 11 is 0. The van der Waals surface area contributed by atoms with Crippen molar-refractivity contribution in [1.82, 2.24) is 4.90 Å². The first-order chi connectivity index (χ1) is 16.3. The highest BCUT2D eigenvalue weighted by Gasteiger charge is 2.33. The number of ether oxygens (including phenoxy) is 1. The van der Waals surface area contributed by atoms with Crippen molar-refractivity contribution in [1.29, 1.82) is 0 Å². The Morgan fingerprint density at radius 2 is 1.55 bits per heavy atom. The summed E-state index contributed by atoms with van der Waals surface area (Å²) < 4.78 is 6.15. The van der Waals surface area contributed by atoms with E-state index in [2.05, 4.69) is 22.3 Å². The lowest BCUT2D eigenvalue weighted by molar-refractivity contribution is 0.0366. The van der Waals surface area contributed by atoms with Crippen LogP contribution in [-0.2, 0) is 0 Å². The molecule has 2 saturated heterocycles. The van der Waals surface area contributed by atoms with Crippen molar-refractivity contribution in [3.63, 3.8) is 0 Å². The molecule has 3 aromatic carbocycles. The Morgan fingerprint density at radius 1 is 0.818 bits per heavy atom. The van der Waals surface area contributed by atoms with Crippen molar-refractivity contribution in [3.05, 3.63) is 84.4 Å². The number of fused-ring (bicyclic) bond motifs is 1. The molecule has 1 N–H and O–H groups in total. The Morgan fingerprint density at radius 3 is 2.33 bits per heavy atom. The predicted molar refractivity (Wildman–Crippen MR) is 134 cm³/mol. The Kier molecular flexibility index (Phi) is 6.73. The van der Waals surface area contributed by atoms with Gasteiger partial charge in [0, 0.05) is 23.2 Å². The number of carbonyl (C=O) groups is 1. The SMILES string of the molecule is O=C(Nc1ccc(OC[C@@H]2CCCN3CCCC[C@H]23)cc1)c1ccc(-c2ccccc2)cc1. The van der Waals surface area contributed by atoms with E-state index < -0.39 is 0 Å². The zero-order valence-electron chi connectivity index (χ0n) is 19.1. The van der Waals surface area contributed by atoms with Gasteiger partial charge in [0.15, 0.2) is 0 Å². The van der Waals surface area contributed by atoms with Crippen LogP contribution in [-0.4, -0.2) is 36.5 Å². The number of carbonyl (C=O) groups excluding carboxylic acids is 1. The molecule has 0 bridgehead atoms. The van der Waals surface area contributed by atoms with Crippen molar-refractivity contribution >= 4 is 11.6 Å². The van der Waals surface area contributed by atoms with Crippen LogP contribution < -0.4 is 10.1 Å². The van der Waals surface area contributed by atoms with Crippen LogP contribution in [0.1, 0.15) is 42.5 Å². The first kappa shape index (κ1) is 21.7. The second-order valence-electron chi connectivity index (χ2n) is 9.23. The third kappa shape index (κ3) is 5.28. The molecule has 0 aromatic heterocycles. The molecule has 0 radical (unpaired) electrons. The maximum absolute atomic E-state index is 12.7. The van der Waals surface area contributed by atoms with Crippen molar-refractivity contribution in [2.45, 2.75) is 38.1 Å². The summed E-state index contributed by atoms with van der Waals surface area (Å²) in [5, 5.41) is 2.99. The summed E-state index contributed by atoms with van der Waals surface area (Å²) in [5.74, 6) is 1.38. The predicted octanol–water partition coefficient (Wildman–Crippen LogP) is 6.25. The van der Waals surface area contributed by atoms with Crippen LogP contribution in [0.2, 0.25) is 0 Å². The molecule has 2 heterocycles. The maximum atomic E-state index is 12.7. The van der Waals surface area contributed by atoms with Crippen LogP contribution >= 0.6 is 0 Å². The molecule has 0 spiro atoms. The van der Waals surface area contributed by atoms with Crippen LogP contribution in [0.4, 0.5) is 5.69 Å². The van der Waals surface area contributed by atoms with Gasteiger partial charge in [-0.1, -0.05) is 48.9 Å². The van der Waals surface area contributed by atoms with E-state index in [1.807, 2.05) is 66.7 Å². The zero-order valence-corrected chi connectivity index (χ0v) is 19.1. The van der Waals surface area contributed by atoms with E-state index in [4.69, 9.17) is 4.74 Å². The summed E-state index contributed by atoms with van der Waals surface area (Å²) in [5.41, 5.74) is 3.66. The fourth-order valence-electron chi connectivity index (χ4n) is 5.26. The lowest BCUT2D eigenvalue weighted by Crippen LogP contribution is -2.49. The van der Waals surface area contributed by atoms with E-state index >= 15 is 0 Å².